The highest BCUT2D eigenvalue weighted by molar-refractivity contribution is 5.85. The molecule has 0 saturated heterocycles. The Hall–Kier alpha value is -2.44. The number of carboxylic acid groups (broad SMARTS) is 1. The molecule has 1 aromatic carbocycles. The van der Waals surface area contributed by atoms with Crippen molar-refractivity contribution in [3.63, 3.8) is 0 Å². The van der Waals surface area contributed by atoms with Crippen molar-refractivity contribution >= 4 is 17.8 Å². The van der Waals surface area contributed by atoms with Gasteiger partial charge in [-0.1, -0.05) is 19.1 Å². The number of rotatable bonds is 8. The lowest BCUT2D eigenvalue weighted by atomic mass is 9.99. The summed E-state index contributed by atoms with van der Waals surface area (Å²) in [7, 11) is 0. The minimum Gasteiger partial charge on any atom is -0.481 e. The Morgan fingerprint density at radius 1 is 1.14 bits per heavy atom. The minimum atomic E-state index is -1.12. The Kier molecular flexibility index (Phi) is 7.01. The van der Waals surface area contributed by atoms with Crippen molar-refractivity contribution in [3.8, 4) is 0 Å². The zero-order chi connectivity index (χ0) is 16.5. The molecule has 0 saturated carbocycles. The van der Waals surface area contributed by atoms with E-state index >= 15 is 0 Å². The number of hydrogen-bond donors (Lipinski definition) is 3. The summed E-state index contributed by atoms with van der Waals surface area (Å²) >= 11 is 0. The maximum atomic E-state index is 12.8. The summed E-state index contributed by atoms with van der Waals surface area (Å²) in [5, 5.41) is 14.1. The van der Waals surface area contributed by atoms with Crippen LogP contribution in [0.15, 0.2) is 24.3 Å². The maximum absolute atomic E-state index is 12.8. The molecule has 1 unspecified atom stereocenters. The van der Waals surface area contributed by atoms with E-state index in [1.165, 1.54) is 12.1 Å². The minimum absolute atomic E-state index is 0.135. The zero-order valence-electron chi connectivity index (χ0n) is 12.3. The van der Waals surface area contributed by atoms with E-state index in [0.29, 0.717) is 18.4 Å². The van der Waals surface area contributed by atoms with Crippen LogP contribution in [0.25, 0.3) is 0 Å². The fraction of sp³-hybridized carbons (Fsp3) is 0.400. The van der Waals surface area contributed by atoms with Gasteiger partial charge >= 0.3 is 5.97 Å². The predicted molar refractivity (Wildman–Crippen MR) is 77.7 cm³/mol. The van der Waals surface area contributed by atoms with E-state index in [1.54, 1.807) is 0 Å². The van der Waals surface area contributed by atoms with Crippen LogP contribution in [-0.4, -0.2) is 36.0 Å². The van der Waals surface area contributed by atoms with Gasteiger partial charge in [0.05, 0.1) is 12.5 Å². The van der Waals surface area contributed by atoms with Crippen molar-refractivity contribution in [2.75, 3.05) is 13.1 Å². The number of benzene rings is 1. The molecule has 3 N–H and O–H groups in total. The topological polar surface area (TPSA) is 95.5 Å². The summed E-state index contributed by atoms with van der Waals surface area (Å²) in [5.41, 5.74) is 0.393. The average Bonchev–Trinajstić information content (AvgIpc) is 2.47. The first kappa shape index (κ1) is 17.6. The first-order chi connectivity index (χ1) is 10.4. The number of hydrogen-bond acceptors (Lipinski definition) is 3. The smallest absolute Gasteiger partial charge is 0.312 e. The van der Waals surface area contributed by atoms with Gasteiger partial charge in [-0.05, 0) is 24.1 Å². The van der Waals surface area contributed by atoms with Gasteiger partial charge in [-0.15, -0.1) is 0 Å². The quantitative estimate of drug-likeness (QED) is 0.668. The van der Waals surface area contributed by atoms with E-state index in [4.69, 9.17) is 0 Å². The van der Waals surface area contributed by atoms with Crippen molar-refractivity contribution in [3.05, 3.63) is 35.6 Å². The second kappa shape index (κ2) is 8.76. The normalized spacial score (nSPS) is 11.5. The van der Waals surface area contributed by atoms with Crippen LogP contribution in [0.5, 0.6) is 0 Å². The van der Waals surface area contributed by atoms with Crippen LogP contribution < -0.4 is 10.6 Å². The van der Waals surface area contributed by atoms with E-state index < -0.39 is 23.6 Å². The molecule has 2 amide bonds. The molecule has 0 aliphatic carbocycles. The van der Waals surface area contributed by atoms with Gasteiger partial charge in [0.2, 0.25) is 11.8 Å². The summed E-state index contributed by atoms with van der Waals surface area (Å²) in [6.45, 7) is 1.51. The molecular weight excluding hydrogens is 291 g/mol. The Morgan fingerprint density at radius 3 is 2.32 bits per heavy atom. The highest BCUT2D eigenvalue weighted by Crippen LogP contribution is 2.15. The van der Waals surface area contributed by atoms with Gasteiger partial charge in [0.25, 0.3) is 0 Å². The summed E-state index contributed by atoms with van der Waals surface area (Å²) in [5.74, 6) is -3.27. The van der Waals surface area contributed by atoms with Crippen LogP contribution in [0.2, 0.25) is 0 Å². The Morgan fingerprint density at radius 2 is 1.77 bits per heavy atom. The van der Waals surface area contributed by atoms with Crippen molar-refractivity contribution in [1.82, 2.24) is 10.6 Å². The molecule has 0 aliphatic rings. The van der Waals surface area contributed by atoms with Crippen molar-refractivity contribution in [1.29, 1.82) is 0 Å². The van der Waals surface area contributed by atoms with Crippen LogP contribution in [0.1, 0.15) is 31.2 Å². The SMILES string of the molecule is CCCC(=O)NCC(=O)NCC(C(=O)O)c1ccc(F)cc1. The van der Waals surface area contributed by atoms with Crippen molar-refractivity contribution in [2.24, 2.45) is 0 Å². The molecule has 6 nitrogen and oxygen atoms in total. The number of halogens is 1. The third-order valence-electron chi connectivity index (χ3n) is 3.00. The summed E-state index contributed by atoms with van der Waals surface area (Å²) in [4.78, 5) is 34.0. The number of carboxylic acids is 1. The van der Waals surface area contributed by atoms with E-state index in [-0.39, 0.29) is 19.0 Å². The number of carbonyl (C=O) groups excluding carboxylic acids is 2. The van der Waals surface area contributed by atoms with E-state index in [0.717, 1.165) is 12.1 Å². The first-order valence-electron chi connectivity index (χ1n) is 6.95. The summed E-state index contributed by atoms with van der Waals surface area (Å²) < 4.78 is 12.8. The molecule has 0 aliphatic heterocycles. The van der Waals surface area contributed by atoms with E-state index in [9.17, 15) is 23.9 Å². The largest absolute Gasteiger partial charge is 0.481 e. The molecule has 0 fully saturated rings. The molecule has 7 heteroatoms. The molecule has 22 heavy (non-hydrogen) atoms. The number of carbonyl (C=O) groups is 3. The molecule has 1 aromatic rings. The molecule has 0 aromatic heterocycles. The lowest BCUT2D eigenvalue weighted by Crippen LogP contribution is -2.39. The summed E-state index contributed by atoms with van der Waals surface area (Å²) in [6.07, 6.45) is 1.01. The van der Waals surface area contributed by atoms with Crippen LogP contribution in [0, 0.1) is 5.82 Å². The fourth-order valence-corrected chi connectivity index (χ4v) is 1.82. The molecule has 0 heterocycles. The van der Waals surface area contributed by atoms with Gasteiger partial charge in [0.15, 0.2) is 0 Å². The summed E-state index contributed by atoms with van der Waals surface area (Å²) in [6, 6.07) is 5.06. The lowest BCUT2D eigenvalue weighted by molar-refractivity contribution is -0.138. The number of amides is 2. The Bertz CT molecular complexity index is 531. The van der Waals surface area contributed by atoms with Gasteiger partial charge in [-0.3, -0.25) is 14.4 Å². The Balaban J connectivity index is 2.51. The Labute approximate surface area is 127 Å². The van der Waals surface area contributed by atoms with Gasteiger partial charge in [-0.25, -0.2) is 4.39 Å². The molecule has 0 radical (unpaired) electrons. The second-order valence-electron chi connectivity index (χ2n) is 4.77. The van der Waals surface area contributed by atoms with Crippen molar-refractivity contribution in [2.45, 2.75) is 25.7 Å². The second-order valence-corrected chi connectivity index (χ2v) is 4.77. The van der Waals surface area contributed by atoms with Crippen molar-refractivity contribution < 1.29 is 23.9 Å². The molecule has 0 spiro atoms. The van der Waals surface area contributed by atoms with Gasteiger partial charge in [0.1, 0.15) is 5.82 Å². The fourth-order valence-electron chi connectivity index (χ4n) is 1.82. The number of aliphatic carboxylic acids is 1. The predicted octanol–water partition coefficient (Wildman–Crippen LogP) is 1.03. The highest BCUT2D eigenvalue weighted by Gasteiger charge is 2.20. The van der Waals surface area contributed by atoms with E-state index in [2.05, 4.69) is 10.6 Å². The maximum Gasteiger partial charge on any atom is 0.312 e. The van der Waals surface area contributed by atoms with Crippen LogP contribution >= 0.6 is 0 Å². The standard InChI is InChI=1S/C15H19FN2O4/c1-2-3-13(19)18-9-14(20)17-8-12(15(21)22)10-4-6-11(16)7-5-10/h4-7,12H,2-3,8-9H2,1H3,(H,17,20)(H,18,19)(H,21,22). The molecule has 1 rings (SSSR count). The third-order valence-corrected chi connectivity index (χ3v) is 3.00. The molecule has 0 bridgehead atoms. The van der Waals surface area contributed by atoms with Crippen LogP contribution in [0.4, 0.5) is 4.39 Å². The zero-order valence-corrected chi connectivity index (χ0v) is 12.3. The van der Waals surface area contributed by atoms with Crippen LogP contribution in [-0.2, 0) is 14.4 Å². The molecular formula is C15H19FN2O4. The van der Waals surface area contributed by atoms with Gasteiger partial charge in [-0.2, -0.15) is 0 Å². The molecule has 120 valence electrons. The average molecular weight is 310 g/mol. The highest BCUT2D eigenvalue weighted by atomic mass is 19.1. The first-order valence-corrected chi connectivity index (χ1v) is 6.95. The monoisotopic (exact) mass is 310 g/mol. The lowest BCUT2D eigenvalue weighted by Gasteiger charge is -2.14. The third kappa shape index (κ3) is 5.90. The molecule has 1 atom stereocenters. The van der Waals surface area contributed by atoms with E-state index in [1.807, 2.05) is 6.92 Å². The van der Waals surface area contributed by atoms with Gasteiger partial charge < -0.3 is 15.7 Å². The number of nitrogens with one attached hydrogen (secondary N) is 2. The van der Waals surface area contributed by atoms with Gasteiger partial charge in [0, 0.05) is 13.0 Å². The van der Waals surface area contributed by atoms with Crippen LogP contribution in [0.3, 0.4) is 0 Å².